The predicted molar refractivity (Wildman–Crippen MR) is 205 cm³/mol. The number of aromatic hydroxyl groups is 1. The molecule has 3 aromatic rings. The van der Waals surface area contributed by atoms with Crippen LogP contribution in [0.15, 0.2) is 187 Å². The van der Waals surface area contributed by atoms with Gasteiger partial charge in [0.05, 0.1) is 0 Å². The molecule has 3 aromatic carbocycles. The molecule has 4 aliphatic rings. The van der Waals surface area contributed by atoms with Crippen molar-refractivity contribution < 1.29 is 9.67 Å². The summed E-state index contributed by atoms with van der Waals surface area (Å²) in [5.41, 5.74) is 9.11. The van der Waals surface area contributed by atoms with Crippen molar-refractivity contribution in [1.82, 2.24) is 0 Å². The fourth-order valence-corrected chi connectivity index (χ4v) is 10.5. The first-order valence-electron chi connectivity index (χ1n) is 16.3. The topological polar surface area (TPSA) is 37.3 Å². The van der Waals surface area contributed by atoms with Gasteiger partial charge in [-0.3, -0.25) is 0 Å². The van der Waals surface area contributed by atoms with Crippen molar-refractivity contribution in [3.8, 4) is 5.75 Å². The van der Waals surface area contributed by atoms with Gasteiger partial charge in [0, 0.05) is 38.9 Å². The number of fused-ring (bicyclic) bond motifs is 2. The largest absolute Gasteiger partial charge is 0.507 e. The molecule has 3 unspecified atom stereocenters. The third-order valence-electron chi connectivity index (χ3n) is 9.60. The number of allylic oxidation sites excluding steroid dienone is 20. The monoisotopic (exact) mass is 640 g/mol. The first-order chi connectivity index (χ1) is 23.5. The lowest BCUT2D eigenvalue weighted by molar-refractivity contribution is 0.472. The van der Waals surface area contributed by atoms with Crippen LogP contribution in [0, 0.1) is 18.8 Å². The second kappa shape index (κ2) is 13.0. The summed E-state index contributed by atoms with van der Waals surface area (Å²) in [6, 6.07) is 22.0. The van der Waals surface area contributed by atoms with Crippen molar-refractivity contribution in [2.75, 3.05) is 0 Å². The van der Waals surface area contributed by atoms with Crippen molar-refractivity contribution in [3.05, 3.63) is 215 Å². The molecule has 0 fully saturated rings. The van der Waals surface area contributed by atoms with Crippen molar-refractivity contribution in [1.29, 1.82) is 0 Å². The summed E-state index contributed by atoms with van der Waals surface area (Å²) in [6.07, 6.45) is 32.4. The van der Waals surface area contributed by atoms with E-state index in [1.807, 2.05) is 85.0 Å². The number of benzene rings is 3. The maximum Gasteiger partial charge on any atom is 0.171 e. The summed E-state index contributed by atoms with van der Waals surface area (Å²) in [6.45, 7) is 9.99. The van der Waals surface area contributed by atoms with E-state index < -0.39 is 7.14 Å². The minimum Gasteiger partial charge on any atom is -0.507 e. The highest BCUT2D eigenvalue weighted by atomic mass is 31.2. The Balaban J connectivity index is 1.39. The van der Waals surface area contributed by atoms with Gasteiger partial charge in [0.2, 0.25) is 0 Å². The second-order valence-electron chi connectivity index (χ2n) is 12.2. The van der Waals surface area contributed by atoms with Gasteiger partial charge in [0.15, 0.2) is 7.14 Å². The number of hydrogen-bond donors (Lipinski definition) is 1. The van der Waals surface area contributed by atoms with Crippen LogP contribution in [0.1, 0.15) is 27.8 Å². The van der Waals surface area contributed by atoms with Crippen LogP contribution in [0.4, 0.5) is 0 Å². The summed E-state index contributed by atoms with van der Waals surface area (Å²) in [7, 11) is -3.46. The quantitative estimate of drug-likeness (QED) is 0.187. The van der Waals surface area contributed by atoms with Crippen LogP contribution >= 0.6 is 7.14 Å². The standard InChI is InChI=1S/C45H37O2P/c1-4-6-16-33-19-12-28-42(45(33)46)39-26-14-27-41-40(39)29-30-44(41)48(47,34-20-8-7-9-21-34)43(15-5-2)36-23-13-22-35(31(36)3)38-25-11-18-32-17-10-24-37(32)38/h4-30,37,40,46H,1-2H2,3H3/b16-6-,43-15+. The van der Waals surface area contributed by atoms with Crippen LogP contribution in [0.3, 0.4) is 0 Å². The van der Waals surface area contributed by atoms with Crippen molar-refractivity contribution in [2.24, 2.45) is 11.8 Å². The Morgan fingerprint density at radius 1 is 0.771 bits per heavy atom. The first-order valence-corrected chi connectivity index (χ1v) is 18.0. The molecule has 0 spiro atoms. The van der Waals surface area contributed by atoms with E-state index in [2.05, 4.69) is 86.9 Å². The van der Waals surface area contributed by atoms with Gasteiger partial charge in [-0.05, 0) is 45.9 Å². The highest BCUT2D eigenvalue weighted by Gasteiger charge is 2.40. The van der Waals surface area contributed by atoms with E-state index in [0.29, 0.717) is 0 Å². The molecule has 1 N–H and O–H groups in total. The third-order valence-corrected chi connectivity index (χ3v) is 12.8. The zero-order valence-corrected chi connectivity index (χ0v) is 27.9. The van der Waals surface area contributed by atoms with Gasteiger partial charge in [0.25, 0.3) is 0 Å². The van der Waals surface area contributed by atoms with E-state index in [1.165, 1.54) is 11.1 Å². The highest BCUT2D eigenvalue weighted by molar-refractivity contribution is 7.85. The van der Waals surface area contributed by atoms with Crippen LogP contribution in [0.25, 0.3) is 22.5 Å². The fraction of sp³-hybridized carbons (Fsp3) is 0.0667. The van der Waals surface area contributed by atoms with Gasteiger partial charge < -0.3 is 9.67 Å². The van der Waals surface area contributed by atoms with Gasteiger partial charge in [-0.15, -0.1) is 0 Å². The molecule has 0 saturated heterocycles. The third kappa shape index (κ3) is 5.20. The lowest BCUT2D eigenvalue weighted by Gasteiger charge is -2.28. The highest BCUT2D eigenvalue weighted by Crippen LogP contribution is 2.68. The Hall–Kier alpha value is -5.43. The average Bonchev–Trinajstić information content (AvgIpc) is 3.79. The molecule has 0 aromatic heterocycles. The van der Waals surface area contributed by atoms with E-state index in [4.69, 9.17) is 0 Å². The zero-order valence-electron chi connectivity index (χ0n) is 27.0. The number of para-hydroxylation sites is 1. The molecular formula is C45H37O2P. The fourth-order valence-electron chi connectivity index (χ4n) is 7.32. The molecule has 234 valence electrons. The smallest absolute Gasteiger partial charge is 0.171 e. The first kappa shape index (κ1) is 31.2. The molecule has 3 heteroatoms. The number of hydrogen-bond acceptors (Lipinski definition) is 2. The van der Waals surface area contributed by atoms with Crippen LogP contribution in [0.5, 0.6) is 5.75 Å². The summed E-state index contributed by atoms with van der Waals surface area (Å²) < 4.78 is 16.3. The van der Waals surface area contributed by atoms with E-state index in [-0.39, 0.29) is 17.6 Å². The minimum atomic E-state index is -3.46. The number of phenols is 1. The molecule has 4 aliphatic carbocycles. The Bertz CT molecular complexity index is 2200. The van der Waals surface area contributed by atoms with Crippen molar-refractivity contribution in [3.63, 3.8) is 0 Å². The van der Waals surface area contributed by atoms with E-state index >= 15 is 4.57 Å². The number of rotatable bonds is 9. The molecule has 0 saturated carbocycles. The second-order valence-corrected chi connectivity index (χ2v) is 14.9. The zero-order chi connectivity index (χ0) is 33.3. The van der Waals surface area contributed by atoms with Crippen molar-refractivity contribution >= 4 is 35.0 Å². The van der Waals surface area contributed by atoms with Gasteiger partial charge in [0.1, 0.15) is 5.75 Å². The molecular weight excluding hydrogens is 603 g/mol. The van der Waals surface area contributed by atoms with E-state index in [0.717, 1.165) is 54.9 Å². The molecule has 0 heterocycles. The molecule has 7 rings (SSSR count). The van der Waals surface area contributed by atoms with Crippen LogP contribution < -0.4 is 5.30 Å². The van der Waals surface area contributed by atoms with Gasteiger partial charge >= 0.3 is 0 Å². The molecule has 48 heavy (non-hydrogen) atoms. The van der Waals surface area contributed by atoms with Gasteiger partial charge in [-0.25, -0.2) is 0 Å². The lowest BCUT2D eigenvalue weighted by Crippen LogP contribution is -2.11. The average molecular weight is 641 g/mol. The lowest BCUT2D eigenvalue weighted by atomic mass is 9.82. The summed E-state index contributed by atoms with van der Waals surface area (Å²) in [5.74, 6) is 0.258. The molecule has 0 radical (unpaired) electrons. The molecule has 2 nitrogen and oxygen atoms in total. The van der Waals surface area contributed by atoms with Gasteiger partial charge in [-0.1, -0.05) is 177 Å². The Morgan fingerprint density at radius 2 is 1.52 bits per heavy atom. The molecule has 0 aliphatic heterocycles. The maximum absolute atomic E-state index is 16.3. The van der Waals surface area contributed by atoms with Crippen LogP contribution in [-0.2, 0) is 4.57 Å². The Morgan fingerprint density at radius 3 is 2.31 bits per heavy atom. The summed E-state index contributed by atoms with van der Waals surface area (Å²) in [5, 5.41) is 13.7. The van der Waals surface area contributed by atoms with E-state index in [9.17, 15) is 5.11 Å². The predicted octanol–water partition coefficient (Wildman–Crippen LogP) is 11.3. The summed E-state index contributed by atoms with van der Waals surface area (Å²) in [4.78, 5) is 0. The summed E-state index contributed by atoms with van der Waals surface area (Å²) >= 11 is 0. The maximum atomic E-state index is 16.3. The molecule has 3 atom stereocenters. The van der Waals surface area contributed by atoms with Gasteiger partial charge in [-0.2, -0.15) is 0 Å². The Labute approximate surface area is 283 Å². The molecule has 0 bridgehead atoms. The van der Waals surface area contributed by atoms with Crippen LogP contribution in [-0.4, -0.2) is 5.11 Å². The molecule has 0 amide bonds. The van der Waals surface area contributed by atoms with E-state index in [1.54, 1.807) is 12.2 Å². The SMILES string of the molecule is C=C/C=C\c1cccc(C2=CC=CC3=C(P(=O)(/C(=C/C=C)c4cccc(C5=CC=CC6=CC=CC65)c4C)c4ccccc4)C=CC23)c1O. The number of phenolic OH excluding ortho intramolecular Hbond substituents is 1. The minimum absolute atomic E-state index is 0.164. The normalized spacial score (nSPS) is 20.7. The van der Waals surface area contributed by atoms with Crippen molar-refractivity contribution in [2.45, 2.75) is 6.92 Å². The van der Waals surface area contributed by atoms with Crippen LogP contribution in [0.2, 0.25) is 0 Å². The Kier molecular flexibility index (Phi) is 8.44.